The van der Waals surface area contributed by atoms with Crippen LogP contribution < -0.4 is 15.4 Å². The summed E-state index contributed by atoms with van der Waals surface area (Å²) in [4.78, 5) is 13.1. The molecule has 0 aromatic heterocycles. The lowest BCUT2D eigenvalue weighted by Gasteiger charge is -2.41. The van der Waals surface area contributed by atoms with Crippen LogP contribution >= 0.6 is 11.8 Å². The van der Waals surface area contributed by atoms with Gasteiger partial charge in [-0.15, -0.1) is 11.8 Å². The highest BCUT2D eigenvalue weighted by Gasteiger charge is 2.38. The first-order valence-corrected chi connectivity index (χ1v) is 13.4. The smallest absolute Gasteiger partial charge is 0.319 e. The molecule has 1 saturated heterocycles. The highest BCUT2D eigenvalue weighted by atomic mass is 32.2. The highest BCUT2D eigenvalue weighted by molar-refractivity contribution is 7.99. The molecule has 0 bridgehead atoms. The first kappa shape index (κ1) is 27.0. The number of urea groups is 1. The predicted molar refractivity (Wildman–Crippen MR) is 146 cm³/mol. The molecule has 0 radical (unpaired) electrons. The van der Waals surface area contributed by atoms with Crippen LogP contribution in [0.3, 0.4) is 0 Å². The number of benzene rings is 3. The van der Waals surface area contributed by atoms with E-state index in [-0.39, 0.29) is 30.8 Å². The number of anilines is 1. The third-order valence-electron chi connectivity index (χ3n) is 6.35. The Hall–Kier alpha value is -3.04. The fraction of sp³-hybridized carbons (Fsp3) is 0.345. The van der Waals surface area contributed by atoms with Crippen LogP contribution in [-0.4, -0.2) is 36.6 Å². The maximum atomic E-state index is 12.0. The molecule has 1 aliphatic rings. The number of aliphatic hydroxyl groups excluding tert-OH is 1. The van der Waals surface area contributed by atoms with Crippen molar-refractivity contribution in [3.8, 4) is 5.75 Å². The van der Waals surface area contributed by atoms with Gasteiger partial charge in [0, 0.05) is 34.4 Å². The van der Waals surface area contributed by atoms with E-state index in [1.54, 1.807) is 18.9 Å². The van der Waals surface area contributed by atoms with E-state index in [4.69, 9.17) is 14.2 Å². The van der Waals surface area contributed by atoms with Crippen molar-refractivity contribution >= 4 is 23.5 Å². The van der Waals surface area contributed by atoms with Crippen molar-refractivity contribution in [2.75, 3.05) is 24.7 Å². The third-order valence-corrected chi connectivity index (χ3v) is 7.49. The lowest BCUT2D eigenvalue weighted by molar-refractivity contribution is -0.268. The molecule has 1 fully saturated rings. The van der Waals surface area contributed by atoms with Crippen LogP contribution in [0.25, 0.3) is 0 Å². The van der Waals surface area contributed by atoms with Gasteiger partial charge in [0.05, 0.1) is 25.9 Å². The zero-order valence-electron chi connectivity index (χ0n) is 21.3. The summed E-state index contributed by atoms with van der Waals surface area (Å²) in [6.07, 6.45) is -0.941. The minimum absolute atomic E-state index is 0.00331. The van der Waals surface area contributed by atoms with Crippen LogP contribution in [0.2, 0.25) is 0 Å². The average molecular weight is 523 g/mol. The van der Waals surface area contributed by atoms with Crippen LogP contribution in [0.15, 0.2) is 77.7 Å². The van der Waals surface area contributed by atoms with Crippen molar-refractivity contribution < 1.29 is 24.1 Å². The Morgan fingerprint density at radius 3 is 2.54 bits per heavy atom. The molecule has 196 valence electrons. The van der Waals surface area contributed by atoms with Crippen LogP contribution in [0, 0.1) is 5.92 Å². The number of hydrogen-bond acceptors (Lipinski definition) is 6. The minimum Gasteiger partial charge on any atom is -0.496 e. The largest absolute Gasteiger partial charge is 0.496 e. The predicted octanol–water partition coefficient (Wildman–Crippen LogP) is 5.91. The monoisotopic (exact) mass is 522 g/mol. The molecular formula is C29H34N2O5S. The van der Waals surface area contributed by atoms with Gasteiger partial charge in [0.1, 0.15) is 5.75 Å². The Morgan fingerprint density at radius 2 is 1.81 bits per heavy atom. The molecule has 2 amide bonds. The second-order valence-corrected chi connectivity index (χ2v) is 9.96. The summed E-state index contributed by atoms with van der Waals surface area (Å²) in [5.74, 6) is 1.61. The molecule has 37 heavy (non-hydrogen) atoms. The van der Waals surface area contributed by atoms with Crippen LogP contribution in [-0.2, 0) is 16.1 Å². The fourth-order valence-corrected chi connectivity index (χ4v) is 5.51. The SMILES string of the molecule is CCNC(=O)Nc1cccc(C2OC(CSc3ccccc3OC)C(C)C(c3ccc(CO)cc3)O2)c1. The van der Waals surface area contributed by atoms with Crippen molar-refractivity contribution in [3.05, 3.63) is 89.5 Å². The number of hydrogen-bond donors (Lipinski definition) is 3. The van der Waals surface area contributed by atoms with E-state index in [1.807, 2.05) is 79.7 Å². The first-order valence-electron chi connectivity index (χ1n) is 12.4. The first-order chi connectivity index (χ1) is 18.0. The van der Waals surface area contributed by atoms with Gasteiger partial charge in [-0.05, 0) is 42.3 Å². The molecule has 0 spiro atoms. The number of carbonyl (C=O) groups excluding carboxylic acids is 1. The van der Waals surface area contributed by atoms with Crippen molar-refractivity contribution in [1.82, 2.24) is 5.32 Å². The summed E-state index contributed by atoms with van der Waals surface area (Å²) in [6, 6.07) is 23.1. The topological polar surface area (TPSA) is 89.1 Å². The van der Waals surface area contributed by atoms with E-state index in [0.29, 0.717) is 18.0 Å². The molecule has 0 aliphatic carbocycles. The number of carbonyl (C=O) groups is 1. The Labute approximate surface area is 222 Å². The number of ether oxygens (including phenoxy) is 3. The molecule has 4 atom stereocenters. The summed E-state index contributed by atoms with van der Waals surface area (Å²) in [5, 5.41) is 15.1. The molecular weight excluding hydrogens is 488 g/mol. The van der Waals surface area contributed by atoms with E-state index in [9.17, 15) is 9.90 Å². The molecule has 3 N–H and O–H groups in total. The van der Waals surface area contributed by atoms with Gasteiger partial charge in [-0.1, -0.05) is 55.5 Å². The van der Waals surface area contributed by atoms with E-state index in [1.165, 1.54) is 0 Å². The Morgan fingerprint density at radius 1 is 1.03 bits per heavy atom. The number of aliphatic hydroxyl groups is 1. The maximum absolute atomic E-state index is 12.0. The summed E-state index contributed by atoms with van der Waals surface area (Å²) >= 11 is 1.70. The number of methoxy groups -OCH3 is 1. The molecule has 7 nitrogen and oxygen atoms in total. The molecule has 3 aromatic carbocycles. The molecule has 3 aromatic rings. The van der Waals surface area contributed by atoms with Gasteiger partial charge < -0.3 is 30.0 Å². The lowest BCUT2D eigenvalue weighted by Crippen LogP contribution is -2.38. The van der Waals surface area contributed by atoms with Gasteiger partial charge in [0.15, 0.2) is 6.29 Å². The molecule has 4 rings (SSSR count). The average Bonchev–Trinajstić information content (AvgIpc) is 2.93. The van der Waals surface area contributed by atoms with Crippen molar-refractivity contribution in [3.63, 3.8) is 0 Å². The third kappa shape index (κ3) is 6.84. The standard InChI is InChI=1S/C29H34N2O5S/c1-4-30-29(33)31-23-9-7-8-22(16-23)28-35-25(18-37-26-11-6-5-10-24(26)34-3)19(2)27(36-28)21-14-12-20(17-32)13-15-21/h5-16,19,25,27-28,32H,4,17-18H2,1-3H3,(H2,30,31,33). The number of amides is 2. The normalized spacial score (nSPS) is 21.3. The Balaban J connectivity index is 1.59. The van der Waals surface area contributed by atoms with E-state index in [2.05, 4.69) is 17.6 Å². The van der Waals surface area contributed by atoms with E-state index in [0.717, 1.165) is 27.3 Å². The summed E-state index contributed by atoms with van der Waals surface area (Å²) < 4.78 is 18.6. The number of para-hydroxylation sites is 1. The molecule has 1 aliphatic heterocycles. The number of thioether (sulfide) groups is 1. The van der Waals surface area contributed by atoms with Gasteiger partial charge in [-0.25, -0.2) is 4.79 Å². The molecule has 4 unspecified atom stereocenters. The second kappa shape index (κ2) is 13.0. The molecule has 1 heterocycles. The lowest BCUT2D eigenvalue weighted by atomic mass is 9.91. The van der Waals surface area contributed by atoms with Gasteiger partial charge in [-0.2, -0.15) is 0 Å². The van der Waals surface area contributed by atoms with Crippen LogP contribution in [0.1, 0.15) is 42.9 Å². The van der Waals surface area contributed by atoms with Crippen LogP contribution in [0.5, 0.6) is 5.75 Å². The Kier molecular flexibility index (Phi) is 9.46. The van der Waals surface area contributed by atoms with E-state index < -0.39 is 6.29 Å². The van der Waals surface area contributed by atoms with Crippen molar-refractivity contribution in [2.45, 2.75) is 43.8 Å². The minimum atomic E-state index is -0.613. The van der Waals surface area contributed by atoms with Crippen LogP contribution in [0.4, 0.5) is 10.5 Å². The molecule has 8 heteroatoms. The summed E-state index contributed by atoms with van der Waals surface area (Å²) in [5.41, 5.74) is 3.37. The van der Waals surface area contributed by atoms with Gasteiger partial charge >= 0.3 is 6.03 Å². The molecule has 0 saturated carbocycles. The van der Waals surface area contributed by atoms with Gasteiger partial charge in [0.25, 0.3) is 0 Å². The number of rotatable bonds is 9. The summed E-state index contributed by atoms with van der Waals surface area (Å²) in [7, 11) is 1.68. The zero-order valence-corrected chi connectivity index (χ0v) is 22.2. The highest BCUT2D eigenvalue weighted by Crippen LogP contribution is 2.43. The van der Waals surface area contributed by atoms with E-state index >= 15 is 0 Å². The number of nitrogens with one attached hydrogen (secondary N) is 2. The van der Waals surface area contributed by atoms with Gasteiger partial charge in [0.2, 0.25) is 0 Å². The van der Waals surface area contributed by atoms with Crippen molar-refractivity contribution in [2.24, 2.45) is 5.92 Å². The second-order valence-electron chi connectivity index (χ2n) is 8.89. The van der Waals surface area contributed by atoms with Gasteiger partial charge in [-0.3, -0.25) is 0 Å². The maximum Gasteiger partial charge on any atom is 0.319 e. The Bertz CT molecular complexity index is 1170. The zero-order chi connectivity index (χ0) is 26.2. The fourth-order valence-electron chi connectivity index (χ4n) is 4.32. The quantitative estimate of drug-likeness (QED) is 0.303. The van der Waals surface area contributed by atoms with Crippen molar-refractivity contribution in [1.29, 1.82) is 0 Å². The summed E-state index contributed by atoms with van der Waals surface area (Å²) in [6.45, 7) is 4.55.